The van der Waals surface area contributed by atoms with Gasteiger partial charge in [-0.15, -0.1) is 11.8 Å². The van der Waals surface area contributed by atoms with Crippen molar-refractivity contribution in [2.45, 2.75) is 32.1 Å². The Bertz CT molecular complexity index is 634. The molecular formula is C19H30N4O2S2. The van der Waals surface area contributed by atoms with Crippen LogP contribution in [0.1, 0.15) is 32.8 Å². The number of nitrogens with zero attached hydrogens (tertiary/aromatic N) is 1. The number of carbonyl (C=O) groups excluding carboxylic acids is 1. The summed E-state index contributed by atoms with van der Waals surface area (Å²) in [4.78, 5) is 14.7. The van der Waals surface area contributed by atoms with Gasteiger partial charge < -0.3 is 15.5 Å². The third kappa shape index (κ3) is 9.23. The number of hydrogen-bond acceptors (Lipinski definition) is 5. The molecule has 4 N–H and O–H groups in total. The summed E-state index contributed by atoms with van der Waals surface area (Å²) in [5.74, 6) is 0.412. The largest absolute Gasteiger partial charge is 0.362 e. The standard InChI is InChI=1S/C19H30N4O2S2/c1-4-11-20-19(26)21-16-14-15(8-10-18(24)22-25)7-9-17(16)27-13-12-23(5-2)6-3/h7-10,14,25H,4-6,11-13H2,1-3H3,(H,22,24)(H2,20,21,26)/b10-8+. The zero-order valence-electron chi connectivity index (χ0n) is 16.2. The van der Waals surface area contributed by atoms with E-state index in [0.717, 1.165) is 54.5 Å². The lowest BCUT2D eigenvalue weighted by Gasteiger charge is -2.18. The van der Waals surface area contributed by atoms with Gasteiger partial charge in [0.25, 0.3) is 5.91 Å². The van der Waals surface area contributed by atoms with Gasteiger partial charge in [0.2, 0.25) is 0 Å². The summed E-state index contributed by atoms with van der Waals surface area (Å²) < 4.78 is 0. The predicted octanol–water partition coefficient (Wildman–Crippen LogP) is 3.34. The van der Waals surface area contributed by atoms with E-state index in [9.17, 15) is 4.79 Å². The van der Waals surface area contributed by atoms with Gasteiger partial charge >= 0.3 is 0 Å². The summed E-state index contributed by atoms with van der Waals surface area (Å²) in [5.41, 5.74) is 3.33. The molecule has 150 valence electrons. The summed E-state index contributed by atoms with van der Waals surface area (Å²) in [6, 6.07) is 5.91. The number of rotatable bonds is 11. The minimum absolute atomic E-state index is 0.567. The Balaban J connectivity index is 2.89. The van der Waals surface area contributed by atoms with E-state index in [1.807, 2.05) is 18.2 Å². The van der Waals surface area contributed by atoms with E-state index in [4.69, 9.17) is 17.4 Å². The fraction of sp³-hybridized carbons (Fsp3) is 0.474. The Morgan fingerprint density at radius 3 is 2.67 bits per heavy atom. The van der Waals surface area contributed by atoms with Gasteiger partial charge in [-0.3, -0.25) is 10.0 Å². The van der Waals surface area contributed by atoms with Crippen LogP contribution in [0.3, 0.4) is 0 Å². The molecule has 0 bridgehead atoms. The quantitative estimate of drug-likeness (QED) is 0.147. The van der Waals surface area contributed by atoms with Crippen LogP contribution >= 0.6 is 24.0 Å². The van der Waals surface area contributed by atoms with Crippen LogP contribution in [-0.4, -0.2) is 53.1 Å². The normalized spacial score (nSPS) is 11.0. The van der Waals surface area contributed by atoms with Gasteiger partial charge in [0.1, 0.15) is 0 Å². The minimum Gasteiger partial charge on any atom is -0.362 e. The van der Waals surface area contributed by atoms with Gasteiger partial charge in [0.05, 0.1) is 5.69 Å². The molecule has 1 rings (SSSR count). The highest BCUT2D eigenvalue weighted by Crippen LogP contribution is 2.29. The molecule has 0 saturated heterocycles. The monoisotopic (exact) mass is 410 g/mol. The zero-order chi connectivity index (χ0) is 20.1. The fourth-order valence-corrected chi connectivity index (χ4v) is 3.52. The summed E-state index contributed by atoms with van der Waals surface area (Å²) >= 11 is 7.14. The van der Waals surface area contributed by atoms with Gasteiger partial charge in [-0.05, 0) is 55.5 Å². The van der Waals surface area contributed by atoms with E-state index in [1.165, 1.54) is 6.08 Å². The smallest absolute Gasteiger partial charge is 0.267 e. The number of hydroxylamine groups is 1. The Morgan fingerprint density at radius 2 is 2.04 bits per heavy atom. The second-order valence-corrected chi connectivity index (χ2v) is 7.37. The molecule has 0 aromatic heterocycles. The molecule has 8 heteroatoms. The second kappa shape index (κ2) is 13.5. The lowest BCUT2D eigenvalue weighted by Crippen LogP contribution is -2.29. The molecule has 0 heterocycles. The third-order valence-corrected chi connectivity index (χ3v) is 5.18. The van der Waals surface area contributed by atoms with E-state index < -0.39 is 5.91 Å². The first-order valence-electron chi connectivity index (χ1n) is 9.20. The topological polar surface area (TPSA) is 76.6 Å². The number of thiocarbonyl (C=S) groups is 1. The molecule has 6 nitrogen and oxygen atoms in total. The van der Waals surface area contributed by atoms with Crippen molar-refractivity contribution in [3.63, 3.8) is 0 Å². The van der Waals surface area contributed by atoms with Crippen LogP contribution in [-0.2, 0) is 4.79 Å². The molecule has 0 aliphatic heterocycles. The maximum absolute atomic E-state index is 11.2. The molecule has 0 unspecified atom stereocenters. The lowest BCUT2D eigenvalue weighted by molar-refractivity contribution is -0.124. The van der Waals surface area contributed by atoms with E-state index in [2.05, 4.69) is 36.3 Å². The number of thioether (sulfide) groups is 1. The van der Waals surface area contributed by atoms with Crippen LogP contribution < -0.4 is 16.1 Å². The summed E-state index contributed by atoms with van der Waals surface area (Å²) in [5, 5.41) is 15.6. The second-order valence-electron chi connectivity index (χ2n) is 5.82. The molecule has 27 heavy (non-hydrogen) atoms. The van der Waals surface area contributed by atoms with E-state index >= 15 is 0 Å². The van der Waals surface area contributed by atoms with Crippen molar-refractivity contribution in [3.05, 3.63) is 29.8 Å². The SMILES string of the molecule is CCCNC(=S)Nc1cc(/C=C/C(=O)NO)ccc1SCCN(CC)CC. The Morgan fingerprint density at radius 1 is 1.30 bits per heavy atom. The van der Waals surface area contributed by atoms with Crippen molar-refractivity contribution in [1.82, 2.24) is 15.7 Å². The number of carbonyl (C=O) groups is 1. The highest BCUT2D eigenvalue weighted by Gasteiger charge is 2.08. The first kappa shape index (κ1) is 23.4. The van der Waals surface area contributed by atoms with Crippen molar-refractivity contribution >= 4 is 46.8 Å². The number of anilines is 1. The number of benzene rings is 1. The molecule has 1 aromatic rings. The van der Waals surface area contributed by atoms with Gasteiger partial charge in [-0.25, -0.2) is 5.48 Å². The van der Waals surface area contributed by atoms with E-state index in [-0.39, 0.29) is 0 Å². The molecule has 0 aliphatic carbocycles. The zero-order valence-corrected chi connectivity index (χ0v) is 17.9. The summed E-state index contributed by atoms with van der Waals surface area (Å²) in [6.45, 7) is 10.3. The molecule has 0 aliphatic rings. The Kier molecular flexibility index (Phi) is 11.8. The molecule has 0 radical (unpaired) electrons. The fourth-order valence-electron chi connectivity index (χ4n) is 2.31. The number of hydrogen-bond donors (Lipinski definition) is 4. The summed E-state index contributed by atoms with van der Waals surface area (Å²) in [7, 11) is 0. The number of amides is 1. The maximum atomic E-state index is 11.2. The third-order valence-electron chi connectivity index (χ3n) is 3.88. The Hall–Kier alpha value is -1.61. The van der Waals surface area contributed by atoms with Crippen molar-refractivity contribution in [2.75, 3.05) is 37.2 Å². The van der Waals surface area contributed by atoms with Gasteiger partial charge in [-0.2, -0.15) is 0 Å². The molecule has 1 aromatic carbocycles. The van der Waals surface area contributed by atoms with Crippen LogP contribution in [0.25, 0.3) is 6.08 Å². The molecule has 1 amide bonds. The average Bonchev–Trinajstić information content (AvgIpc) is 2.68. The first-order chi connectivity index (χ1) is 13.0. The molecule has 0 atom stereocenters. The van der Waals surface area contributed by atoms with Crippen molar-refractivity contribution in [3.8, 4) is 0 Å². The van der Waals surface area contributed by atoms with Crippen LogP contribution in [0.4, 0.5) is 5.69 Å². The van der Waals surface area contributed by atoms with Gasteiger partial charge in [0.15, 0.2) is 5.11 Å². The van der Waals surface area contributed by atoms with E-state index in [0.29, 0.717) is 5.11 Å². The Labute approximate surface area is 171 Å². The molecule has 0 saturated carbocycles. The summed E-state index contributed by atoms with van der Waals surface area (Å²) in [6.07, 6.45) is 3.91. The van der Waals surface area contributed by atoms with Crippen molar-refractivity contribution < 1.29 is 10.0 Å². The lowest BCUT2D eigenvalue weighted by atomic mass is 10.2. The van der Waals surface area contributed by atoms with Crippen LogP contribution in [0.15, 0.2) is 29.2 Å². The average molecular weight is 411 g/mol. The van der Waals surface area contributed by atoms with Crippen LogP contribution in [0.5, 0.6) is 0 Å². The van der Waals surface area contributed by atoms with Crippen molar-refractivity contribution in [1.29, 1.82) is 0 Å². The van der Waals surface area contributed by atoms with E-state index in [1.54, 1.807) is 23.3 Å². The minimum atomic E-state index is -0.567. The maximum Gasteiger partial charge on any atom is 0.267 e. The molecular weight excluding hydrogens is 380 g/mol. The highest BCUT2D eigenvalue weighted by molar-refractivity contribution is 7.99. The van der Waals surface area contributed by atoms with Crippen LogP contribution in [0, 0.1) is 0 Å². The van der Waals surface area contributed by atoms with Gasteiger partial charge in [0, 0.05) is 29.8 Å². The van der Waals surface area contributed by atoms with Gasteiger partial charge in [-0.1, -0.05) is 26.8 Å². The molecule has 0 spiro atoms. The molecule has 0 fully saturated rings. The van der Waals surface area contributed by atoms with Crippen molar-refractivity contribution in [2.24, 2.45) is 0 Å². The number of nitrogens with one attached hydrogen (secondary N) is 3. The first-order valence-corrected chi connectivity index (χ1v) is 10.6. The van der Waals surface area contributed by atoms with Crippen LogP contribution in [0.2, 0.25) is 0 Å². The predicted molar refractivity (Wildman–Crippen MR) is 118 cm³/mol. The highest BCUT2D eigenvalue weighted by atomic mass is 32.2.